The molecule has 0 aliphatic heterocycles. The second kappa shape index (κ2) is 12.0. The lowest BCUT2D eigenvalue weighted by Crippen LogP contribution is -2.20. The lowest BCUT2D eigenvalue weighted by atomic mass is 10.2. The van der Waals surface area contributed by atoms with Crippen LogP contribution in [0.5, 0.6) is 11.5 Å². The maximum Gasteiger partial charge on any atom is 0.416 e. The molecule has 11 heteroatoms. The summed E-state index contributed by atoms with van der Waals surface area (Å²) in [4.78, 5) is 23.9. The summed E-state index contributed by atoms with van der Waals surface area (Å²) in [5, 5.41) is 6.17. The Balaban J connectivity index is 1.87. The van der Waals surface area contributed by atoms with Gasteiger partial charge < -0.3 is 14.8 Å². The van der Waals surface area contributed by atoms with Gasteiger partial charge in [-0.15, -0.1) is 0 Å². The smallest absolute Gasteiger partial charge is 0.416 e. The van der Waals surface area contributed by atoms with E-state index in [0.717, 1.165) is 12.1 Å². The van der Waals surface area contributed by atoms with Gasteiger partial charge in [0.05, 0.1) is 23.4 Å². The maximum absolute atomic E-state index is 12.7. The minimum absolute atomic E-state index is 0.00621. The van der Waals surface area contributed by atoms with E-state index in [-0.39, 0.29) is 18.5 Å². The van der Waals surface area contributed by atoms with E-state index in [2.05, 4.69) is 38.4 Å². The molecule has 2 amide bonds. The molecule has 0 radical (unpaired) electrons. The molecule has 0 heterocycles. The lowest BCUT2D eigenvalue weighted by molar-refractivity contribution is -0.137. The fraction of sp³-hybridized carbons (Fsp3) is 0.227. The molecule has 0 aliphatic carbocycles. The molecule has 0 unspecified atom stereocenters. The molecule has 0 saturated carbocycles. The third-order valence-electron chi connectivity index (χ3n) is 4.05. The second-order valence-corrected chi connectivity index (χ2v) is 7.41. The molecule has 176 valence electrons. The van der Waals surface area contributed by atoms with Crippen molar-refractivity contribution in [2.45, 2.75) is 19.0 Å². The molecular formula is C22H21BrF3N3O4. The summed E-state index contributed by atoms with van der Waals surface area (Å²) in [6.45, 7) is 3.88. The first-order valence-corrected chi connectivity index (χ1v) is 10.3. The highest BCUT2D eigenvalue weighted by molar-refractivity contribution is 9.10. The van der Waals surface area contributed by atoms with Crippen molar-refractivity contribution in [3.8, 4) is 11.5 Å². The highest BCUT2D eigenvalue weighted by Crippen LogP contribution is 2.36. The van der Waals surface area contributed by atoms with Crippen molar-refractivity contribution >= 4 is 39.6 Å². The van der Waals surface area contributed by atoms with Crippen molar-refractivity contribution in [1.82, 2.24) is 5.43 Å². The van der Waals surface area contributed by atoms with Crippen LogP contribution in [0.3, 0.4) is 0 Å². The Labute approximate surface area is 196 Å². The summed E-state index contributed by atoms with van der Waals surface area (Å²) < 4.78 is 49.6. The summed E-state index contributed by atoms with van der Waals surface area (Å²) in [5.74, 6) is -0.199. The number of alkyl halides is 3. The number of halogens is 4. The average Bonchev–Trinajstić information content (AvgIpc) is 2.76. The third-order valence-corrected chi connectivity index (χ3v) is 4.64. The summed E-state index contributed by atoms with van der Waals surface area (Å²) >= 11 is 3.38. The monoisotopic (exact) mass is 527 g/mol. The minimum atomic E-state index is -4.52. The topological polar surface area (TPSA) is 89.0 Å². The summed E-state index contributed by atoms with van der Waals surface area (Å²) in [7, 11) is 1.48. The Morgan fingerprint density at radius 1 is 1.18 bits per heavy atom. The fourth-order valence-corrected chi connectivity index (χ4v) is 3.13. The number of hydrogen-bond donors (Lipinski definition) is 2. The van der Waals surface area contributed by atoms with Gasteiger partial charge in [0.25, 0.3) is 0 Å². The summed E-state index contributed by atoms with van der Waals surface area (Å²) in [6.07, 6.45) is -1.98. The van der Waals surface area contributed by atoms with Gasteiger partial charge in [-0.3, -0.25) is 9.59 Å². The van der Waals surface area contributed by atoms with Gasteiger partial charge in [-0.05, 0) is 51.8 Å². The number of amides is 2. The first kappa shape index (κ1) is 25.9. The van der Waals surface area contributed by atoms with Gasteiger partial charge in [-0.2, -0.15) is 18.3 Å². The molecule has 0 spiro atoms. The number of anilines is 1. The summed E-state index contributed by atoms with van der Waals surface area (Å²) in [6, 6.07) is 7.60. The van der Waals surface area contributed by atoms with Crippen LogP contribution in [-0.4, -0.2) is 31.7 Å². The third kappa shape index (κ3) is 8.26. The van der Waals surface area contributed by atoms with Gasteiger partial charge in [-0.25, -0.2) is 5.43 Å². The normalized spacial score (nSPS) is 11.2. The zero-order valence-electron chi connectivity index (χ0n) is 17.5. The molecule has 33 heavy (non-hydrogen) atoms. The number of hydrazone groups is 1. The Bertz CT molecular complexity index is 1040. The number of carbonyl (C=O) groups is 2. The molecular weight excluding hydrogens is 507 g/mol. The molecule has 2 N–H and O–H groups in total. The first-order valence-electron chi connectivity index (χ1n) is 9.54. The Morgan fingerprint density at radius 3 is 2.58 bits per heavy atom. The Kier molecular flexibility index (Phi) is 9.46. The average molecular weight is 528 g/mol. The standard InChI is InChI=1S/C22H21BrF3N3O4/c1-3-9-33-21-17(23)10-14(11-18(21)32-2)13-27-29-20(31)8-7-19(30)28-16-6-4-5-15(12-16)22(24,25)26/h3-6,10-13H,1,7-9H2,2H3,(H,28,30)(H,29,31). The van der Waals surface area contributed by atoms with Crippen molar-refractivity contribution in [1.29, 1.82) is 0 Å². The van der Waals surface area contributed by atoms with Crippen molar-refractivity contribution in [3.05, 3.63) is 64.7 Å². The number of nitrogens with zero attached hydrogens (tertiary/aromatic N) is 1. The quantitative estimate of drug-likeness (QED) is 0.261. The SMILES string of the molecule is C=CCOc1c(Br)cc(C=NNC(=O)CCC(=O)Nc2cccc(C(F)(F)F)c2)cc1OC. The van der Waals surface area contributed by atoms with Crippen molar-refractivity contribution in [3.63, 3.8) is 0 Å². The minimum Gasteiger partial charge on any atom is -0.493 e. The van der Waals surface area contributed by atoms with Gasteiger partial charge in [0, 0.05) is 18.5 Å². The van der Waals surface area contributed by atoms with Crippen LogP contribution in [-0.2, 0) is 15.8 Å². The number of methoxy groups -OCH3 is 1. The molecule has 0 saturated heterocycles. The largest absolute Gasteiger partial charge is 0.493 e. The van der Waals surface area contributed by atoms with Crippen molar-refractivity contribution in [2.75, 3.05) is 19.0 Å². The van der Waals surface area contributed by atoms with E-state index in [1.54, 1.807) is 18.2 Å². The number of nitrogens with one attached hydrogen (secondary N) is 2. The van der Waals surface area contributed by atoms with Crippen molar-refractivity contribution in [2.24, 2.45) is 5.10 Å². The highest BCUT2D eigenvalue weighted by Gasteiger charge is 2.30. The lowest BCUT2D eigenvalue weighted by Gasteiger charge is -2.12. The second-order valence-electron chi connectivity index (χ2n) is 6.55. The number of hydrogen-bond acceptors (Lipinski definition) is 5. The number of benzene rings is 2. The molecule has 0 aliphatic rings. The van der Waals surface area contributed by atoms with Crippen LogP contribution in [0, 0.1) is 0 Å². The Morgan fingerprint density at radius 2 is 1.91 bits per heavy atom. The van der Waals surface area contributed by atoms with Gasteiger partial charge in [0.2, 0.25) is 11.8 Å². The molecule has 0 bridgehead atoms. The van der Waals surface area contributed by atoms with E-state index < -0.39 is 23.6 Å². The molecule has 2 aromatic carbocycles. The van der Waals surface area contributed by atoms with Gasteiger partial charge in [0.15, 0.2) is 11.5 Å². The fourth-order valence-electron chi connectivity index (χ4n) is 2.56. The van der Waals surface area contributed by atoms with E-state index in [9.17, 15) is 22.8 Å². The van der Waals surface area contributed by atoms with E-state index in [1.807, 2.05) is 0 Å². The number of rotatable bonds is 10. The van der Waals surface area contributed by atoms with E-state index in [4.69, 9.17) is 9.47 Å². The molecule has 2 aromatic rings. The molecule has 0 fully saturated rings. The summed E-state index contributed by atoms with van der Waals surface area (Å²) in [5.41, 5.74) is 2.01. The van der Waals surface area contributed by atoms with Crippen LogP contribution in [0.2, 0.25) is 0 Å². The van der Waals surface area contributed by atoms with E-state index >= 15 is 0 Å². The van der Waals surface area contributed by atoms with Crippen LogP contribution >= 0.6 is 15.9 Å². The highest BCUT2D eigenvalue weighted by atomic mass is 79.9. The van der Waals surface area contributed by atoms with Gasteiger partial charge in [-0.1, -0.05) is 18.7 Å². The van der Waals surface area contributed by atoms with Gasteiger partial charge >= 0.3 is 6.18 Å². The van der Waals surface area contributed by atoms with Crippen LogP contribution in [0.15, 0.2) is 58.6 Å². The zero-order chi connectivity index (χ0) is 24.4. The van der Waals surface area contributed by atoms with Crippen LogP contribution in [0.4, 0.5) is 18.9 Å². The van der Waals surface area contributed by atoms with E-state index in [1.165, 1.54) is 25.5 Å². The first-order chi connectivity index (χ1) is 15.6. The maximum atomic E-state index is 12.7. The molecule has 0 aromatic heterocycles. The molecule has 2 rings (SSSR count). The van der Waals surface area contributed by atoms with E-state index in [0.29, 0.717) is 28.1 Å². The van der Waals surface area contributed by atoms with Gasteiger partial charge in [0.1, 0.15) is 6.61 Å². The molecule has 0 atom stereocenters. The predicted octanol–water partition coefficient (Wildman–Crippen LogP) is 4.91. The van der Waals surface area contributed by atoms with Crippen LogP contribution < -0.4 is 20.2 Å². The number of ether oxygens (including phenoxy) is 2. The number of carbonyl (C=O) groups excluding carboxylic acids is 2. The predicted molar refractivity (Wildman–Crippen MR) is 121 cm³/mol. The van der Waals surface area contributed by atoms with Crippen LogP contribution in [0.1, 0.15) is 24.0 Å². The molecule has 7 nitrogen and oxygen atoms in total. The Hall–Kier alpha value is -3.34. The van der Waals surface area contributed by atoms with Crippen molar-refractivity contribution < 1.29 is 32.2 Å². The van der Waals surface area contributed by atoms with Crippen LogP contribution in [0.25, 0.3) is 0 Å². The zero-order valence-corrected chi connectivity index (χ0v) is 19.1.